The maximum atomic E-state index is 12.7. The number of nitrogens with zero attached hydrogens (tertiary/aromatic N) is 5. The van der Waals surface area contributed by atoms with Gasteiger partial charge in [-0.2, -0.15) is 5.10 Å². The van der Waals surface area contributed by atoms with Gasteiger partial charge in [0, 0.05) is 18.8 Å². The van der Waals surface area contributed by atoms with Gasteiger partial charge in [0.25, 0.3) is 5.91 Å². The standard InChI is InChI=1S/C21H24N6O2/c1-15-12-17(25-21(24-15)26-8-10-29-11-9-26)13-22-20(28)19-14-23-27(16(19)2)18-6-4-3-5-7-18/h3-7,12,14H,8-11,13H2,1-2H3,(H,22,28). The molecule has 1 N–H and O–H groups in total. The Morgan fingerprint density at radius 3 is 2.66 bits per heavy atom. The van der Waals surface area contributed by atoms with Crippen molar-refractivity contribution in [3.63, 3.8) is 0 Å². The van der Waals surface area contributed by atoms with Crippen LogP contribution in [0.25, 0.3) is 5.69 Å². The summed E-state index contributed by atoms with van der Waals surface area (Å²) in [4.78, 5) is 24.0. The summed E-state index contributed by atoms with van der Waals surface area (Å²) >= 11 is 0. The molecule has 1 aromatic carbocycles. The number of benzene rings is 1. The highest BCUT2D eigenvalue weighted by molar-refractivity contribution is 5.95. The van der Waals surface area contributed by atoms with E-state index in [1.165, 1.54) is 0 Å². The maximum absolute atomic E-state index is 12.7. The first-order chi connectivity index (χ1) is 14.1. The SMILES string of the molecule is Cc1cc(CNC(=O)c2cnn(-c3ccccc3)c2C)nc(N2CCOCC2)n1. The van der Waals surface area contributed by atoms with Gasteiger partial charge in [-0.1, -0.05) is 18.2 Å². The second-order valence-electron chi connectivity index (χ2n) is 6.97. The van der Waals surface area contributed by atoms with Crippen LogP contribution in [0.3, 0.4) is 0 Å². The van der Waals surface area contributed by atoms with Crippen molar-refractivity contribution >= 4 is 11.9 Å². The topological polar surface area (TPSA) is 85.2 Å². The van der Waals surface area contributed by atoms with Gasteiger partial charge in [0.05, 0.1) is 48.6 Å². The van der Waals surface area contributed by atoms with Crippen molar-refractivity contribution in [2.24, 2.45) is 0 Å². The van der Waals surface area contributed by atoms with E-state index >= 15 is 0 Å². The van der Waals surface area contributed by atoms with Crippen LogP contribution < -0.4 is 10.2 Å². The molecule has 150 valence electrons. The molecule has 0 radical (unpaired) electrons. The van der Waals surface area contributed by atoms with E-state index in [2.05, 4.69) is 25.3 Å². The van der Waals surface area contributed by atoms with Crippen LogP contribution in [0.15, 0.2) is 42.6 Å². The van der Waals surface area contributed by atoms with Gasteiger partial charge in [0.1, 0.15) is 0 Å². The first kappa shape index (κ1) is 19.1. The average Bonchev–Trinajstić information content (AvgIpc) is 3.14. The highest BCUT2D eigenvalue weighted by Crippen LogP contribution is 2.15. The summed E-state index contributed by atoms with van der Waals surface area (Å²) in [5, 5.41) is 7.32. The third kappa shape index (κ3) is 4.27. The van der Waals surface area contributed by atoms with Crippen molar-refractivity contribution < 1.29 is 9.53 Å². The van der Waals surface area contributed by atoms with E-state index in [9.17, 15) is 4.79 Å². The lowest BCUT2D eigenvalue weighted by Crippen LogP contribution is -2.37. The molecule has 3 aromatic rings. The molecule has 0 aliphatic carbocycles. The number of hydrogen-bond acceptors (Lipinski definition) is 6. The number of aromatic nitrogens is 4. The second kappa shape index (κ2) is 8.40. The minimum Gasteiger partial charge on any atom is -0.378 e. The fraction of sp³-hybridized carbons (Fsp3) is 0.333. The largest absolute Gasteiger partial charge is 0.378 e. The number of anilines is 1. The Hall–Kier alpha value is -3.26. The molecule has 0 unspecified atom stereocenters. The molecule has 2 aromatic heterocycles. The van der Waals surface area contributed by atoms with Crippen LogP contribution in [-0.2, 0) is 11.3 Å². The number of carbonyl (C=O) groups excluding carboxylic acids is 1. The minimum absolute atomic E-state index is 0.172. The van der Waals surface area contributed by atoms with Crippen LogP contribution >= 0.6 is 0 Å². The molecule has 1 fully saturated rings. The maximum Gasteiger partial charge on any atom is 0.255 e. The van der Waals surface area contributed by atoms with Crippen molar-refractivity contribution in [2.75, 3.05) is 31.2 Å². The fourth-order valence-corrected chi connectivity index (χ4v) is 3.34. The Morgan fingerprint density at radius 1 is 1.14 bits per heavy atom. The van der Waals surface area contributed by atoms with Crippen LogP contribution in [-0.4, -0.2) is 52.0 Å². The van der Waals surface area contributed by atoms with E-state index in [1.807, 2.05) is 50.2 Å². The predicted octanol–water partition coefficient (Wildman–Crippen LogP) is 2.05. The van der Waals surface area contributed by atoms with E-state index in [0.717, 1.165) is 35.9 Å². The lowest BCUT2D eigenvalue weighted by molar-refractivity contribution is 0.0949. The number of hydrogen-bond donors (Lipinski definition) is 1. The van der Waals surface area contributed by atoms with Crippen molar-refractivity contribution in [1.29, 1.82) is 0 Å². The fourth-order valence-electron chi connectivity index (χ4n) is 3.34. The molecule has 1 aliphatic rings. The van der Waals surface area contributed by atoms with Crippen molar-refractivity contribution in [3.8, 4) is 5.69 Å². The molecule has 29 heavy (non-hydrogen) atoms. The number of nitrogens with one attached hydrogen (secondary N) is 1. The van der Waals surface area contributed by atoms with Gasteiger partial charge in [-0.15, -0.1) is 0 Å². The summed E-state index contributed by atoms with van der Waals surface area (Å²) in [6.45, 7) is 7.04. The zero-order chi connectivity index (χ0) is 20.2. The molecule has 0 saturated carbocycles. The summed E-state index contributed by atoms with van der Waals surface area (Å²) in [5.74, 6) is 0.513. The van der Waals surface area contributed by atoms with Crippen molar-refractivity contribution in [2.45, 2.75) is 20.4 Å². The first-order valence-electron chi connectivity index (χ1n) is 9.67. The molecule has 0 atom stereocenters. The van der Waals surface area contributed by atoms with Crippen LogP contribution in [0.1, 0.15) is 27.4 Å². The van der Waals surface area contributed by atoms with Gasteiger partial charge in [-0.05, 0) is 32.0 Å². The molecular weight excluding hydrogens is 368 g/mol. The highest BCUT2D eigenvalue weighted by atomic mass is 16.5. The van der Waals surface area contributed by atoms with Crippen LogP contribution in [0.2, 0.25) is 0 Å². The first-order valence-corrected chi connectivity index (χ1v) is 9.67. The second-order valence-corrected chi connectivity index (χ2v) is 6.97. The minimum atomic E-state index is -0.172. The van der Waals surface area contributed by atoms with Gasteiger partial charge in [0.15, 0.2) is 0 Å². The molecule has 0 spiro atoms. The number of morpholine rings is 1. The van der Waals surface area contributed by atoms with E-state index in [4.69, 9.17) is 4.74 Å². The van der Waals surface area contributed by atoms with E-state index in [-0.39, 0.29) is 5.91 Å². The monoisotopic (exact) mass is 392 g/mol. The van der Waals surface area contributed by atoms with Gasteiger partial charge < -0.3 is 15.0 Å². The summed E-state index contributed by atoms with van der Waals surface area (Å²) in [6.07, 6.45) is 1.60. The van der Waals surface area contributed by atoms with Gasteiger partial charge in [-0.25, -0.2) is 14.6 Å². The summed E-state index contributed by atoms with van der Waals surface area (Å²) in [6, 6.07) is 11.6. The number of amides is 1. The normalized spacial score (nSPS) is 14.1. The quantitative estimate of drug-likeness (QED) is 0.715. The van der Waals surface area contributed by atoms with Crippen LogP contribution in [0, 0.1) is 13.8 Å². The molecule has 1 aliphatic heterocycles. The number of ether oxygens (including phenoxy) is 1. The van der Waals surface area contributed by atoms with Crippen LogP contribution in [0.4, 0.5) is 5.95 Å². The lowest BCUT2D eigenvalue weighted by atomic mass is 10.2. The number of rotatable bonds is 5. The molecule has 8 nitrogen and oxygen atoms in total. The summed E-state index contributed by atoms with van der Waals surface area (Å²) in [5.41, 5.74) is 3.92. The molecule has 1 amide bonds. The van der Waals surface area contributed by atoms with Crippen molar-refractivity contribution in [1.82, 2.24) is 25.1 Å². The number of para-hydroxylation sites is 1. The number of aryl methyl sites for hydroxylation is 1. The number of carbonyl (C=O) groups is 1. The molecular formula is C21H24N6O2. The Bertz CT molecular complexity index is 996. The Morgan fingerprint density at radius 2 is 1.90 bits per heavy atom. The summed E-state index contributed by atoms with van der Waals surface area (Å²) < 4.78 is 7.16. The zero-order valence-corrected chi connectivity index (χ0v) is 16.6. The van der Waals surface area contributed by atoms with E-state index in [1.54, 1.807) is 10.9 Å². The highest BCUT2D eigenvalue weighted by Gasteiger charge is 2.17. The summed E-state index contributed by atoms with van der Waals surface area (Å²) in [7, 11) is 0. The molecule has 0 bridgehead atoms. The molecule has 1 saturated heterocycles. The van der Waals surface area contributed by atoms with Crippen LogP contribution in [0.5, 0.6) is 0 Å². The predicted molar refractivity (Wildman–Crippen MR) is 109 cm³/mol. The third-order valence-electron chi connectivity index (χ3n) is 4.87. The lowest BCUT2D eigenvalue weighted by Gasteiger charge is -2.27. The smallest absolute Gasteiger partial charge is 0.255 e. The molecule has 3 heterocycles. The van der Waals surface area contributed by atoms with Crippen molar-refractivity contribution in [3.05, 3.63) is 65.2 Å². The van der Waals surface area contributed by atoms with Gasteiger partial charge in [0.2, 0.25) is 5.95 Å². The Balaban J connectivity index is 1.46. The van der Waals surface area contributed by atoms with E-state index in [0.29, 0.717) is 31.3 Å². The van der Waals surface area contributed by atoms with Gasteiger partial charge >= 0.3 is 0 Å². The average molecular weight is 392 g/mol. The van der Waals surface area contributed by atoms with E-state index < -0.39 is 0 Å². The Kier molecular flexibility index (Phi) is 5.53. The molecule has 4 rings (SSSR count). The Labute approximate surface area is 169 Å². The molecule has 8 heteroatoms. The third-order valence-corrected chi connectivity index (χ3v) is 4.87. The zero-order valence-electron chi connectivity index (χ0n) is 16.6. The van der Waals surface area contributed by atoms with Gasteiger partial charge in [-0.3, -0.25) is 4.79 Å².